The van der Waals surface area contributed by atoms with Gasteiger partial charge < -0.3 is 24.3 Å². The van der Waals surface area contributed by atoms with Crippen molar-refractivity contribution < 1.29 is 32.9 Å². The van der Waals surface area contributed by atoms with Crippen LogP contribution in [0.3, 0.4) is 0 Å². The number of carbonyl (C=O) groups excluding carboxylic acids is 2. The highest BCUT2D eigenvalue weighted by atomic mass is 19.1. The lowest BCUT2D eigenvalue weighted by molar-refractivity contribution is 0.0600. The van der Waals surface area contributed by atoms with E-state index in [1.54, 1.807) is 26.3 Å². The van der Waals surface area contributed by atoms with E-state index >= 15 is 0 Å². The molecule has 3 rings (SSSR count). The second-order valence-electron chi connectivity index (χ2n) is 6.73. The van der Waals surface area contributed by atoms with Crippen LogP contribution in [-0.2, 0) is 9.47 Å². The number of aromatic nitrogens is 2. The van der Waals surface area contributed by atoms with Gasteiger partial charge in [-0.3, -0.25) is 9.89 Å². The smallest absolute Gasteiger partial charge is 0.337 e. The van der Waals surface area contributed by atoms with Gasteiger partial charge in [0, 0.05) is 31.0 Å². The summed E-state index contributed by atoms with van der Waals surface area (Å²) in [7, 11) is 2.75. The predicted molar refractivity (Wildman–Crippen MR) is 113 cm³/mol. The summed E-state index contributed by atoms with van der Waals surface area (Å²) in [6.07, 6.45) is 1.25. The second kappa shape index (κ2) is 10.4. The Morgan fingerprint density at radius 3 is 2.53 bits per heavy atom. The monoisotopic (exact) mass is 443 g/mol. The molecule has 2 aromatic carbocycles. The molecule has 0 radical (unpaired) electrons. The minimum absolute atomic E-state index is 0.0434. The molecule has 32 heavy (non-hydrogen) atoms. The number of H-pyrrole nitrogens is 1. The summed E-state index contributed by atoms with van der Waals surface area (Å²) in [5.74, 6) is -1.23. The molecule has 0 aliphatic rings. The molecular weight excluding hydrogens is 421 g/mol. The lowest BCUT2D eigenvalue weighted by Crippen LogP contribution is -2.18. The van der Waals surface area contributed by atoms with Crippen LogP contribution in [0.2, 0.25) is 0 Å². The zero-order valence-corrected chi connectivity index (χ0v) is 17.7. The van der Waals surface area contributed by atoms with Gasteiger partial charge in [0.2, 0.25) is 0 Å². The third kappa shape index (κ3) is 5.82. The number of esters is 1. The van der Waals surface area contributed by atoms with E-state index < -0.39 is 17.7 Å². The molecule has 1 heterocycles. The van der Waals surface area contributed by atoms with E-state index in [1.165, 1.54) is 37.4 Å². The predicted octanol–water partition coefficient (Wildman–Crippen LogP) is 3.79. The fourth-order valence-corrected chi connectivity index (χ4v) is 2.80. The summed E-state index contributed by atoms with van der Waals surface area (Å²) in [5.41, 5.74) is 0.249. The Morgan fingerprint density at radius 2 is 1.88 bits per heavy atom. The number of hydrogen-bond acceptors (Lipinski definition) is 7. The van der Waals surface area contributed by atoms with E-state index in [0.717, 1.165) is 6.07 Å². The molecule has 0 spiro atoms. The van der Waals surface area contributed by atoms with Crippen LogP contribution in [0.4, 0.5) is 10.2 Å². The molecule has 1 aromatic heterocycles. The van der Waals surface area contributed by atoms with Crippen LogP contribution >= 0.6 is 0 Å². The molecular formula is C22H22FN3O6. The first-order chi connectivity index (χ1) is 15.4. The molecule has 1 atom stereocenters. The maximum absolute atomic E-state index is 14.5. The highest BCUT2D eigenvalue weighted by Gasteiger charge is 2.16. The molecule has 0 aliphatic heterocycles. The van der Waals surface area contributed by atoms with Crippen LogP contribution in [0.5, 0.6) is 17.2 Å². The maximum atomic E-state index is 14.5. The van der Waals surface area contributed by atoms with Crippen LogP contribution in [0, 0.1) is 5.82 Å². The van der Waals surface area contributed by atoms with E-state index in [-0.39, 0.29) is 28.7 Å². The van der Waals surface area contributed by atoms with E-state index in [9.17, 15) is 14.0 Å². The summed E-state index contributed by atoms with van der Waals surface area (Å²) in [5, 5.41) is 9.12. The van der Waals surface area contributed by atoms with Crippen LogP contribution in [0.15, 0.2) is 48.7 Å². The number of rotatable bonds is 9. The Bertz CT molecular complexity index is 1090. The van der Waals surface area contributed by atoms with Crippen LogP contribution in [0.25, 0.3) is 0 Å². The third-order valence-electron chi connectivity index (χ3n) is 4.20. The largest absolute Gasteiger partial charge is 0.488 e. The zero-order chi connectivity index (χ0) is 23.1. The minimum atomic E-state index is -0.769. The molecule has 168 valence electrons. The van der Waals surface area contributed by atoms with E-state index in [4.69, 9.17) is 14.2 Å². The lowest BCUT2D eigenvalue weighted by atomic mass is 10.1. The Hall–Kier alpha value is -3.92. The summed E-state index contributed by atoms with van der Waals surface area (Å²) >= 11 is 0. The van der Waals surface area contributed by atoms with Gasteiger partial charge >= 0.3 is 5.97 Å². The summed E-state index contributed by atoms with van der Waals surface area (Å²) in [6, 6.07) is 9.75. The first-order valence-corrected chi connectivity index (χ1v) is 9.57. The molecule has 0 saturated heterocycles. The maximum Gasteiger partial charge on any atom is 0.337 e. The Morgan fingerprint density at radius 1 is 1.09 bits per heavy atom. The molecule has 9 nitrogen and oxygen atoms in total. The molecule has 10 heteroatoms. The number of ether oxygens (including phenoxy) is 4. The number of nitrogens with one attached hydrogen (secondary N) is 2. The number of amides is 1. The third-order valence-corrected chi connectivity index (χ3v) is 4.20. The number of methoxy groups -OCH3 is 2. The second-order valence-corrected chi connectivity index (χ2v) is 6.73. The van der Waals surface area contributed by atoms with Crippen molar-refractivity contribution in [2.75, 3.05) is 26.1 Å². The van der Waals surface area contributed by atoms with E-state index in [2.05, 4.69) is 20.3 Å². The summed E-state index contributed by atoms with van der Waals surface area (Å²) in [6.45, 7) is 2.12. The molecule has 0 bridgehead atoms. The Balaban J connectivity index is 1.89. The molecule has 0 saturated carbocycles. The molecule has 1 amide bonds. The van der Waals surface area contributed by atoms with Crippen molar-refractivity contribution in [3.05, 3.63) is 65.6 Å². The lowest BCUT2D eigenvalue weighted by Gasteiger charge is -2.16. The van der Waals surface area contributed by atoms with Gasteiger partial charge in [-0.25, -0.2) is 9.18 Å². The van der Waals surface area contributed by atoms with Crippen molar-refractivity contribution in [3.8, 4) is 17.2 Å². The number of benzene rings is 2. The summed E-state index contributed by atoms with van der Waals surface area (Å²) in [4.78, 5) is 24.3. The van der Waals surface area contributed by atoms with Crippen LogP contribution < -0.4 is 14.8 Å². The highest BCUT2D eigenvalue weighted by molar-refractivity contribution is 6.04. The Labute approximate surface area is 183 Å². The van der Waals surface area contributed by atoms with Gasteiger partial charge in [0.15, 0.2) is 17.4 Å². The van der Waals surface area contributed by atoms with Crippen molar-refractivity contribution in [2.24, 2.45) is 0 Å². The van der Waals surface area contributed by atoms with Crippen molar-refractivity contribution >= 4 is 17.7 Å². The van der Waals surface area contributed by atoms with E-state index in [1.807, 2.05) is 0 Å². The SMILES string of the molecule is COC[C@H](C)Oc1cc(Oc2ccc(C(=O)OC)cc2F)cc(C(=O)Nc2cc[nH]n2)c1. The first-order valence-electron chi connectivity index (χ1n) is 9.57. The number of nitrogens with zero attached hydrogens (tertiary/aromatic N) is 1. The van der Waals surface area contributed by atoms with E-state index in [0.29, 0.717) is 18.2 Å². The standard InChI is InChI=1S/C22H22FN3O6/c1-13(12-29-2)31-16-8-15(21(27)25-20-6-7-24-26-20)9-17(11-16)32-19-5-4-14(10-18(19)23)22(28)30-3/h4-11,13H,12H2,1-3H3,(H2,24,25,26,27)/t13-/m0/s1. The van der Waals surface area contributed by atoms with Gasteiger partial charge in [-0.15, -0.1) is 0 Å². The van der Waals surface area contributed by atoms with Gasteiger partial charge in [-0.05, 0) is 37.3 Å². The normalized spacial score (nSPS) is 11.5. The fraction of sp³-hybridized carbons (Fsp3) is 0.227. The average Bonchev–Trinajstić information content (AvgIpc) is 3.27. The van der Waals surface area contributed by atoms with Crippen LogP contribution in [0.1, 0.15) is 27.6 Å². The molecule has 0 fully saturated rings. The first kappa shape index (κ1) is 22.8. The topological polar surface area (TPSA) is 112 Å². The quantitative estimate of drug-likeness (QED) is 0.484. The molecule has 0 unspecified atom stereocenters. The zero-order valence-electron chi connectivity index (χ0n) is 17.7. The van der Waals surface area contributed by atoms with Crippen molar-refractivity contribution in [1.29, 1.82) is 0 Å². The van der Waals surface area contributed by atoms with Gasteiger partial charge in [0.05, 0.1) is 19.3 Å². The molecule has 0 aliphatic carbocycles. The number of anilines is 1. The fourth-order valence-electron chi connectivity index (χ4n) is 2.80. The van der Waals surface area contributed by atoms with Gasteiger partial charge in [-0.2, -0.15) is 5.10 Å². The molecule has 2 N–H and O–H groups in total. The summed E-state index contributed by atoms with van der Waals surface area (Å²) < 4.78 is 35.6. The van der Waals surface area contributed by atoms with Gasteiger partial charge in [0.25, 0.3) is 5.91 Å². The van der Waals surface area contributed by atoms with Crippen molar-refractivity contribution in [3.63, 3.8) is 0 Å². The van der Waals surface area contributed by atoms with Crippen LogP contribution in [-0.4, -0.2) is 49.0 Å². The van der Waals surface area contributed by atoms with Gasteiger partial charge in [0.1, 0.15) is 17.6 Å². The Kier molecular flexibility index (Phi) is 7.40. The molecule has 3 aromatic rings. The van der Waals surface area contributed by atoms with Crippen molar-refractivity contribution in [2.45, 2.75) is 13.0 Å². The number of carbonyl (C=O) groups is 2. The number of halogens is 1. The average molecular weight is 443 g/mol. The van der Waals surface area contributed by atoms with Gasteiger partial charge in [-0.1, -0.05) is 0 Å². The van der Waals surface area contributed by atoms with Crippen molar-refractivity contribution in [1.82, 2.24) is 10.2 Å². The highest BCUT2D eigenvalue weighted by Crippen LogP contribution is 2.30. The minimum Gasteiger partial charge on any atom is -0.488 e. The number of aromatic amines is 1. The number of hydrogen-bond donors (Lipinski definition) is 2.